The topological polar surface area (TPSA) is 104 Å². The summed E-state index contributed by atoms with van der Waals surface area (Å²) < 4.78 is 24.6. The fourth-order valence-electron chi connectivity index (χ4n) is 2.23. The van der Waals surface area contributed by atoms with Crippen LogP contribution in [0.4, 0.5) is 5.69 Å². The van der Waals surface area contributed by atoms with Gasteiger partial charge in [-0.15, -0.1) is 0 Å². The molecule has 0 bridgehead atoms. The molecule has 26 heavy (non-hydrogen) atoms. The van der Waals surface area contributed by atoms with Crippen LogP contribution in [-0.2, 0) is 21.2 Å². The number of hydrogen-bond donors (Lipinski definition) is 3. The standard InChI is InChI=1S/C18H21N3O4S/c1-26(24,25)21-16-9-7-15(8-10-16)18(23)20-12-11-19-17(22)13-14-5-3-2-4-6-14/h2-10,21H,11-13H2,1H3,(H,19,22)(H,20,23). The number of amides is 2. The summed E-state index contributed by atoms with van der Waals surface area (Å²) >= 11 is 0. The molecule has 0 saturated heterocycles. The lowest BCUT2D eigenvalue weighted by Gasteiger charge is -2.08. The second-order valence-corrected chi connectivity index (χ2v) is 7.47. The Morgan fingerprint density at radius 2 is 1.50 bits per heavy atom. The first-order valence-corrected chi connectivity index (χ1v) is 9.89. The molecule has 0 spiro atoms. The van der Waals surface area contributed by atoms with Crippen molar-refractivity contribution >= 4 is 27.5 Å². The van der Waals surface area contributed by atoms with Crippen LogP contribution in [0.1, 0.15) is 15.9 Å². The van der Waals surface area contributed by atoms with Crippen molar-refractivity contribution < 1.29 is 18.0 Å². The van der Waals surface area contributed by atoms with Gasteiger partial charge in [-0.05, 0) is 29.8 Å². The van der Waals surface area contributed by atoms with E-state index in [4.69, 9.17) is 0 Å². The Labute approximate surface area is 152 Å². The minimum Gasteiger partial charge on any atom is -0.354 e. The second-order valence-electron chi connectivity index (χ2n) is 5.72. The number of anilines is 1. The molecule has 2 aromatic carbocycles. The lowest BCUT2D eigenvalue weighted by atomic mass is 10.1. The third kappa shape index (κ3) is 6.94. The van der Waals surface area contributed by atoms with E-state index in [0.29, 0.717) is 30.8 Å². The summed E-state index contributed by atoms with van der Waals surface area (Å²) in [7, 11) is -3.35. The van der Waals surface area contributed by atoms with Crippen molar-refractivity contribution in [2.45, 2.75) is 6.42 Å². The Morgan fingerprint density at radius 3 is 2.12 bits per heavy atom. The molecule has 7 nitrogen and oxygen atoms in total. The van der Waals surface area contributed by atoms with E-state index in [-0.39, 0.29) is 11.8 Å². The van der Waals surface area contributed by atoms with Crippen LogP contribution in [0.5, 0.6) is 0 Å². The summed E-state index contributed by atoms with van der Waals surface area (Å²) in [6, 6.07) is 15.5. The SMILES string of the molecule is CS(=O)(=O)Nc1ccc(C(=O)NCCNC(=O)Cc2ccccc2)cc1. The number of hydrogen-bond acceptors (Lipinski definition) is 4. The first kappa shape index (κ1) is 19.5. The van der Waals surface area contributed by atoms with Gasteiger partial charge in [0, 0.05) is 24.3 Å². The average Bonchev–Trinajstić information content (AvgIpc) is 2.58. The van der Waals surface area contributed by atoms with Gasteiger partial charge in [-0.1, -0.05) is 30.3 Å². The van der Waals surface area contributed by atoms with Gasteiger partial charge in [0.2, 0.25) is 15.9 Å². The molecule has 8 heteroatoms. The van der Waals surface area contributed by atoms with Crippen molar-refractivity contribution in [3.05, 3.63) is 65.7 Å². The van der Waals surface area contributed by atoms with Gasteiger partial charge in [0.1, 0.15) is 0 Å². The van der Waals surface area contributed by atoms with Crippen LogP contribution in [0.25, 0.3) is 0 Å². The molecule has 0 unspecified atom stereocenters. The molecular formula is C18H21N3O4S. The lowest BCUT2D eigenvalue weighted by Crippen LogP contribution is -2.35. The smallest absolute Gasteiger partial charge is 0.251 e. The van der Waals surface area contributed by atoms with Crippen molar-refractivity contribution in [1.82, 2.24) is 10.6 Å². The van der Waals surface area contributed by atoms with Crippen molar-refractivity contribution in [2.75, 3.05) is 24.1 Å². The predicted octanol–water partition coefficient (Wildman–Crippen LogP) is 1.15. The van der Waals surface area contributed by atoms with Crippen LogP contribution >= 0.6 is 0 Å². The van der Waals surface area contributed by atoms with E-state index in [1.54, 1.807) is 0 Å². The van der Waals surface area contributed by atoms with Crippen LogP contribution < -0.4 is 15.4 Å². The monoisotopic (exact) mass is 375 g/mol. The number of benzene rings is 2. The Hall–Kier alpha value is -2.87. The van der Waals surface area contributed by atoms with Gasteiger partial charge in [-0.3, -0.25) is 14.3 Å². The van der Waals surface area contributed by atoms with Crippen LogP contribution in [0.3, 0.4) is 0 Å². The van der Waals surface area contributed by atoms with Crippen LogP contribution in [0, 0.1) is 0 Å². The van der Waals surface area contributed by atoms with Gasteiger partial charge in [-0.2, -0.15) is 0 Å². The summed E-state index contributed by atoms with van der Waals surface area (Å²) in [6.45, 7) is 0.619. The maximum Gasteiger partial charge on any atom is 0.251 e. The minimum absolute atomic E-state index is 0.110. The second kappa shape index (κ2) is 9.00. The highest BCUT2D eigenvalue weighted by molar-refractivity contribution is 7.92. The van der Waals surface area contributed by atoms with Gasteiger partial charge in [-0.25, -0.2) is 8.42 Å². The summed E-state index contributed by atoms with van der Waals surface area (Å²) in [4.78, 5) is 23.8. The molecule has 0 fully saturated rings. The van der Waals surface area contributed by atoms with E-state index in [0.717, 1.165) is 11.8 Å². The molecule has 0 heterocycles. The maximum atomic E-state index is 12.0. The molecule has 2 aromatic rings. The number of carbonyl (C=O) groups excluding carboxylic acids is 2. The van der Waals surface area contributed by atoms with Crippen LogP contribution in [-0.4, -0.2) is 39.6 Å². The minimum atomic E-state index is -3.35. The average molecular weight is 375 g/mol. The van der Waals surface area contributed by atoms with E-state index in [9.17, 15) is 18.0 Å². The number of nitrogens with one attached hydrogen (secondary N) is 3. The lowest BCUT2D eigenvalue weighted by molar-refractivity contribution is -0.120. The summed E-state index contributed by atoms with van der Waals surface area (Å²) in [5, 5.41) is 5.44. The van der Waals surface area contributed by atoms with E-state index in [1.165, 1.54) is 24.3 Å². The van der Waals surface area contributed by atoms with Gasteiger partial charge < -0.3 is 10.6 Å². The van der Waals surface area contributed by atoms with Crippen LogP contribution in [0.15, 0.2) is 54.6 Å². The molecule has 0 atom stereocenters. The Morgan fingerprint density at radius 1 is 0.885 bits per heavy atom. The third-order valence-electron chi connectivity index (χ3n) is 3.39. The molecule has 2 amide bonds. The third-order valence-corrected chi connectivity index (χ3v) is 4.00. The Kier molecular flexibility index (Phi) is 6.74. The molecule has 2 rings (SSSR count). The first-order valence-electron chi connectivity index (χ1n) is 8.00. The predicted molar refractivity (Wildman–Crippen MR) is 100 cm³/mol. The van der Waals surface area contributed by atoms with Crippen molar-refractivity contribution in [3.63, 3.8) is 0 Å². The molecule has 0 aliphatic heterocycles. The molecule has 0 aliphatic carbocycles. The largest absolute Gasteiger partial charge is 0.354 e. The molecule has 0 aliphatic rings. The number of rotatable bonds is 8. The molecule has 0 saturated carbocycles. The highest BCUT2D eigenvalue weighted by Gasteiger charge is 2.07. The molecule has 3 N–H and O–H groups in total. The van der Waals surface area contributed by atoms with E-state index >= 15 is 0 Å². The first-order chi connectivity index (χ1) is 12.3. The maximum absolute atomic E-state index is 12.0. The summed E-state index contributed by atoms with van der Waals surface area (Å²) in [5.41, 5.74) is 1.72. The van der Waals surface area contributed by atoms with Crippen molar-refractivity contribution in [1.29, 1.82) is 0 Å². The van der Waals surface area contributed by atoms with Gasteiger partial charge >= 0.3 is 0 Å². The van der Waals surface area contributed by atoms with Crippen molar-refractivity contribution in [3.8, 4) is 0 Å². The molecule has 138 valence electrons. The zero-order valence-corrected chi connectivity index (χ0v) is 15.2. The fourth-order valence-corrected chi connectivity index (χ4v) is 2.79. The zero-order chi connectivity index (χ0) is 19.0. The quantitative estimate of drug-likeness (QED) is 0.602. The zero-order valence-electron chi connectivity index (χ0n) is 14.4. The van der Waals surface area contributed by atoms with E-state index in [2.05, 4.69) is 15.4 Å². The molecule has 0 radical (unpaired) electrons. The molecular weight excluding hydrogens is 354 g/mol. The Balaban J connectivity index is 1.72. The van der Waals surface area contributed by atoms with Crippen molar-refractivity contribution in [2.24, 2.45) is 0 Å². The van der Waals surface area contributed by atoms with Crippen LogP contribution in [0.2, 0.25) is 0 Å². The summed E-state index contributed by atoms with van der Waals surface area (Å²) in [5.74, 6) is -0.408. The van der Waals surface area contributed by atoms with Gasteiger partial charge in [0.05, 0.1) is 12.7 Å². The van der Waals surface area contributed by atoms with E-state index in [1.807, 2.05) is 30.3 Å². The van der Waals surface area contributed by atoms with Gasteiger partial charge in [0.25, 0.3) is 5.91 Å². The molecule has 0 aromatic heterocycles. The summed E-state index contributed by atoms with van der Waals surface area (Å²) in [6.07, 6.45) is 1.35. The fraction of sp³-hybridized carbons (Fsp3) is 0.222. The number of carbonyl (C=O) groups is 2. The van der Waals surface area contributed by atoms with E-state index < -0.39 is 10.0 Å². The highest BCUT2D eigenvalue weighted by Crippen LogP contribution is 2.10. The number of sulfonamides is 1. The Bertz CT molecular complexity index is 850. The normalized spacial score (nSPS) is 10.8. The van der Waals surface area contributed by atoms with Gasteiger partial charge in [0.15, 0.2) is 0 Å². The highest BCUT2D eigenvalue weighted by atomic mass is 32.2.